The SMILES string of the molecule is CC/C=C\CCOC(C)OCC/C=C\CC. The first-order valence-electron chi connectivity index (χ1n) is 6.34. The summed E-state index contributed by atoms with van der Waals surface area (Å²) in [6.45, 7) is 7.69. The molecule has 94 valence electrons. The highest BCUT2D eigenvalue weighted by Gasteiger charge is 1.99. The summed E-state index contributed by atoms with van der Waals surface area (Å²) in [5, 5.41) is 0. The quantitative estimate of drug-likeness (QED) is 0.317. The fourth-order valence-electron chi connectivity index (χ4n) is 1.22. The van der Waals surface area contributed by atoms with Gasteiger partial charge in [0.2, 0.25) is 0 Å². The molecule has 16 heavy (non-hydrogen) atoms. The molecule has 2 nitrogen and oxygen atoms in total. The Bertz CT molecular complexity index is 165. The van der Waals surface area contributed by atoms with Gasteiger partial charge in [-0.25, -0.2) is 0 Å². The van der Waals surface area contributed by atoms with Gasteiger partial charge in [0.1, 0.15) is 0 Å². The summed E-state index contributed by atoms with van der Waals surface area (Å²) in [5.41, 5.74) is 0. The monoisotopic (exact) mass is 226 g/mol. The Morgan fingerprint density at radius 3 is 1.62 bits per heavy atom. The smallest absolute Gasteiger partial charge is 0.154 e. The number of allylic oxidation sites excluding steroid dienone is 2. The lowest BCUT2D eigenvalue weighted by molar-refractivity contribution is -0.128. The average molecular weight is 226 g/mol. The standard InChI is InChI=1S/C14H26O2/c1-4-6-8-10-12-15-14(3)16-13-11-9-7-5-2/h6-9,14H,4-5,10-13H2,1-3H3/b8-6-,9-7-. The summed E-state index contributed by atoms with van der Waals surface area (Å²) in [6.07, 6.45) is 12.6. The van der Waals surface area contributed by atoms with Gasteiger partial charge >= 0.3 is 0 Å². The van der Waals surface area contributed by atoms with Crippen molar-refractivity contribution in [2.24, 2.45) is 0 Å². The van der Waals surface area contributed by atoms with Crippen molar-refractivity contribution >= 4 is 0 Å². The van der Waals surface area contributed by atoms with Gasteiger partial charge in [-0.3, -0.25) is 0 Å². The lowest BCUT2D eigenvalue weighted by atomic mass is 10.3. The van der Waals surface area contributed by atoms with E-state index in [4.69, 9.17) is 9.47 Å². The van der Waals surface area contributed by atoms with Crippen molar-refractivity contribution in [3.05, 3.63) is 24.3 Å². The van der Waals surface area contributed by atoms with Crippen molar-refractivity contribution in [1.82, 2.24) is 0 Å². The minimum atomic E-state index is -0.0925. The Kier molecular flexibility index (Phi) is 12.0. The van der Waals surface area contributed by atoms with Crippen LogP contribution in [0.2, 0.25) is 0 Å². The van der Waals surface area contributed by atoms with E-state index in [1.54, 1.807) is 0 Å². The zero-order valence-electron chi connectivity index (χ0n) is 10.9. The van der Waals surface area contributed by atoms with E-state index in [-0.39, 0.29) is 6.29 Å². The maximum Gasteiger partial charge on any atom is 0.154 e. The van der Waals surface area contributed by atoms with Gasteiger partial charge in [-0.15, -0.1) is 0 Å². The second-order valence-electron chi connectivity index (χ2n) is 3.65. The van der Waals surface area contributed by atoms with E-state index in [9.17, 15) is 0 Å². The molecule has 0 amide bonds. The molecular weight excluding hydrogens is 200 g/mol. The molecule has 0 heterocycles. The van der Waals surface area contributed by atoms with E-state index >= 15 is 0 Å². The minimum Gasteiger partial charge on any atom is -0.353 e. The Balaban J connectivity index is 3.27. The third-order valence-electron chi connectivity index (χ3n) is 2.08. The van der Waals surface area contributed by atoms with Crippen LogP contribution in [0.25, 0.3) is 0 Å². The molecule has 0 bridgehead atoms. The predicted molar refractivity (Wildman–Crippen MR) is 69.5 cm³/mol. The largest absolute Gasteiger partial charge is 0.353 e. The van der Waals surface area contributed by atoms with Crippen molar-refractivity contribution < 1.29 is 9.47 Å². The van der Waals surface area contributed by atoms with Crippen LogP contribution in [0, 0.1) is 0 Å². The first kappa shape index (κ1) is 15.4. The molecule has 0 aliphatic heterocycles. The zero-order chi connectivity index (χ0) is 12.1. The molecule has 0 radical (unpaired) electrons. The molecule has 0 unspecified atom stereocenters. The zero-order valence-corrected chi connectivity index (χ0v) is 10.9. The highest BCUT2D eigenvalue weighted by atomic mass is 16.7. The van der Waals surface area contributed by atoms with E-state index in [0.29, 0.717) is 0 Å². The lowest BCUT2D eigenvalue weighted by Crippen LogP contribution is -2.14. The molecule has 0 aromatic rings. The molecule has 0 aromatic carbocycles. The Hall–Kier alpha value is -0.600. The van der Waals surface area contributed by atoms with E-state index in [2.05, 4.69) is 38.2 Å². The second kappa shape index (κ2) is 12.5. The third kappa shape index (κ3) is 11.5. The van der Waals surface area contributed by atoms with Crippen molar-refractivity contribution in [3.63, 3.8) is 0 Å². The lowest BCUT2D eigenvalue weighted by Gasteiger charge is -2.12. The van der Waals surface area contributed by atoms with Crippen LogP contribution in [0.1, 0.15) is 46.5 Å². The fourth-order valence-corrected chi connectivity index (χ4v) is 1.22. The van der Waals surface area contributed by atoms with Gasteiger partial charge < -0.3 is 9.47 Å². The highest BCUT2D eigenvalue weighted by Crippen LogP contribution is 1.98. The number of rotatable bonds is 10. The molecule has 0 atom stereocenters. The van der Waals surface area contributed by atoms with Crippen LogP contribution >= 0.6 is 0 Å². The topological polar surface area (TPSA) is 18.5 Å². The van der Waals surface area contributed by atoms with E-state index in [1.165, 1.54) is 0 Å². The number of hydrogen-bond donors (Lipinski definition) is 0. The summed E-state index contributed by atoms with van der Waals surface area (Å²) >= 11 is 0. The molecule has 0 rings (SSSR count). The van der Waals surface area contributed by atoms with Crippen molar-refractivity contribution in [3.8, 4) is 0 Å². The van der Waals surface area contributed by atoms with Crippen LogP contribution in [-0.4, -0.2) is 19.5 Å². The molecule has 0 aromatic heterocycles. The molecule has 0 saturated carbocycles. The van der Waals surface area contributed by atoms with Crippen LogP contribution in [-0.2, 0) is 9.47 Å². The summed E-state index contributed by atoms with van der Waals surface area (Å²) in [7, 11) is 0. The fraction of sp³-hybridized carbons (Fsp3) is 0.714. The number of hydrogen-bond acceptors (Lipinski definition) is 2. The molecule has 0 aliphatic rings. The molecule has 0 aliphatic carbocycles. The van der Waals surface area contributed by atoms with Gasteiger partial charge in [-0.2, -0.15) is 0 Å². The maximum atomic E-state index is 5.50. The van der Waals surface area contributed by atoms with Crippen molar-refractivity contribution in [2.75, 3.05) is 13.2 Å². The normalized spacial score (nSPS) is 12.2. The third-order valence-corrected chi connectivity index (χ3v) is 2.08. The summed E-state index contributed by atoms with van der Waals surface area (Å²) in [6, 6.07) is 0. The average Bonchev–Trinajstić information content (AvgIpc) is 2.28. The molecule has 0 spiro atoms. The maximum absolute atomic E-state index is 5.50. The molecule has 0 saturated heterocycles. The van der Waals surface area contributed by atoms with Crippen LogP contribution in [0.4, 0.5) is 0 Å². The van der Waals surface area contributed by atoms with Crippen LogP contribution in [0.5, 0.6) is 0 Å². The molecular formula is C14H26O2. The first-order chi connectivity index (χ1) is 7.81. The predicted octanol–water partition coefficient (Wildman–Crippen LogP) is 4.08. The van der Waals surface area contributed by atoms with Crippen LogP contribution < -0.4 is 0 Å². The minimum absolute atomic E-state index is 0.0925. The van der Waals surface area contributed by atoms with E-state index in [0.717, 1.165) is 38.9 Å². The van der Waals surface area contributed by atoms with Gasteiger partial charge in [-0.05, 0) is 32.6 Å². The molecule has 0 fully saturated rings. The van der Waals surface area contributed by atoms with Crippen molar-refractivity contribution in [2.45, 2.75) is 52.7 Å². The summed E-state index contributed by atoms with van der Waals surface area (Å²) in [4.78, 5) is 0. The van der Waals surface area contributed by atoms with Gasteiger partial charge in [0.05, 0.1) is 13.2 Å². The van der Waals surface area contributed by atoms with E-state index < -0.39 is 0 Å². The first-order valence-corrected chi connectivity index (χ1v) is 6.34. The summed E-state index contributed by atoms with van der Waals surface area (Å²) < 4.78 is 11.0. The van der Waals surface area contributed by atoms with Gasteiger partial charge in [0.15, 0.2) is 6.29 Å². The summed E-state index contributed by atoms with van der Waals surface area (Å²) in [5.74, 6) is 0. The second-order valence-corrected chi connectivity index (χ2v) is 3.65. The van der Waals surface area contributed by atoms with Crippen LogP contribution in [0.3, 0.4) is 0 Å². The van der Waals surface area contributed by atoms with Gasteiger partial charge in [0, 0.05) is 0 Å². The van der Waals surface area contributed by atoms with Gasteiger partial charge in [-0.1, -0.05) is 38.2 Å². The Morgan fingerprint density at radius 1 is 0.812 bits per heavy atom. The Labute approximate surface area is 100 Å². The van der Waals surface area contributed by atoms with Crippen LogP contribution in [0.15, 0.2) is 24.3 Å². The van der Waals surface area contributed by atoms with E-state index in [1.807, 2.05) is 6.92 Å². The Morgan fingerprint density at radius 2 is 1.25 bits per heavy atom. The van der Waals surface area contributed by atoms with Gasteiger partial charge in [0.25, 0.3) is 0 Å². The molecule has 0 N–H and O–H groups in total. The number of ether oxygens (including phenoxy) is 2. The van der Waals surface area contributed by atoms with Crippen molar-refractivity contribution in [1.29, 1.82) is 0 Å². The molecule has 2 heteroatoms. The highest BCUT2D eigenvalue weighted by molar-refractivity contribution is 4.80.